The summed E-state index contributed by atoms with van der Waals surface area (Å²) in [5, 5.41) is 0. The van der Waals surface area contributed by atoms with Crippen LogP contribution in [0.15, 0.2) is 30.8 Å². The van der Waals surface area contributed by atoms with Crippen LogP contribution in [0.5, 0.6) is 0 Å². The second-order valence-electron chi connectivity index (χ2n) is 2.66. The van der Waals surface area contributed by atoms with Gasteiger partial charge in [0.25, 0.3) is 0 Å². The molecule has 1 aromatic carbocycles. The van der Waals surface area contributed by atoms with Crippen molar-refractivity contribution in [2.45, 2.75) is 13.0 Å². The highest BCUT2D eigenvalue weighted by molar-refractivity contribution is 5.85. The molecule has 66 valence electrons. The van der Waals surface area contributed by atoms with Gasteiger partial charge in [-0.3, -0.25) is 0 Å². The van der Waals surface area contributed by atoms with Gasteiger partial charge in [-0.05, 0) is 18.1 Å². The highest BCUT2D eigenvalue weighted by Gasteiger charge is 1.96. The molecule has 1 nitrogen and oxygen atoms in total. The number of hydrogen-bond acceptors (Lipinski definition) is 1. The second kappa shape index (κ2) is 4.96. The van der Waals surface area contributed by atoms with E-state index in [0.29, 0.717) is 0 Å². The molecular formula is C10H14ClN. The van der Waals surface area contributed by atoms with Crippen molar-refractivity contribution in [3.05, 3.63) is 42.0 Å². The minimum absolute atomic E-state index is 0. The Hall–Kier alpha value is -0.790. The highest BCUT2D eigenvalue weighted by Crippen LogP contribution is 2.10. The van der Waals surface area contributed by atoms with E-state index >= 15 is 0 Å². The smallest absolute Gasteiger partial charge is 0.0266 e. The maximum atomic E-state index is 5.68. The Morgan fingerprint density at radius 3 is 2.17 bits per heavy atom. The number of halogens is 1. The topological polar surface area (TPSA) is 26.0 Å². The zero-order chi connectivity index (χ0) is 8.27. The Bertz CT molecular complexity index is 239. The Labute approximate surface area is 79.7 Å². The van der Waals surface area contributed by atoms with Gasteiger partial charge >= 0.3 is 0 Å². The molecule has 0 unspecified atom stereocenters. The van der Waals surface area contributed by atoms with Crippen molar-refractivity contribution in [2.75, 3.05) is 0 Å². The molecule has 0 aliphatic rings. The van der Waals surface area contributed by atoms with Crippen molar-refractivity contribution in [1.29, 1.82) is 0 Å². The number of hydrogen-bond donors (Lipinski definition) is 1. The number of benzene rings is 1. The molecule has 12 heavy (non-hydrogen) atoms. The summed E-state index contributed by atoms with van der Waals surface area (Å²) in [7, 11) is 0. The summed E-state index contributed by atoms with van der Waals surface area (Å²) in [6.45, 7) is 5.65. The van der Waals surface area contributed by atoms with Crippen LogP contribution in [0.3, 0.4) is 0 Å². The third-order valence-electron chi connectivity index (χ3n) is 1.70. The first-order valence-corrected chi connectivity index (χ1v) is 3.72. The fourth-order valence-corrected chi connectivity index (χ4v) is 0.936. The highest BCUT2D eigenvalue weighted by atomic mass is 35.5. The van der Waals surface area contributed by atoms with Crippen molar-refractivity contribution in [2.24, 2.45) is 5.73 Å². The van der Waals surface area contributed by atoms with E-state index < -0.39 is 0 Å². The first-order valence-electron chi connectivity index (χ1n) is 3.72. The lowest BCUT2D eigenvalue weighted by Crippen LogP contribution is -2.04. The van der Waals surface area contributed by atoms with E-state index in [2.05, 4.69) is 6.58 Å². The minimum atomic E-state index is 0. The summed E-state index contributed by atoms with van der Waals surface area (Å²) in [5.74, 6) is 0. The molecule has 0 spiro atoms. The molecule has 0 fully saturated rings. The molecule has 1 aromatic rings. The van der Waals surface area contributed by atoms with E-state index in [9.17, 15) is 0 Å². The van der Waals surface area contributed by atoms with Crippen LogP contribution in [-0.4, -0.2) is 0 Å². The molecule has 0 heterocycles. The first kappa shape index (κ1) is 11.2. The molecule has 0 saturated heterocycles. The molecule has 0 radical (unpaired) electrons. The summed E-state index contributed by atoms with van der Waals surface area (Å²) in [5.41, 5.74) is 7.98. The third kappa shape index (κ3) is 2.68. The van der Waals surface area contributed by atoms with Crippen LogP contribution in [0.4, 0.5) is 0 Å². The summed E-state index contributed by atoms with van der Waals surface area (Å²) in [6.07, 6.45) is 1.82. The molecule has 1 rings (SSSR count). The average molecular weight is 184 g/mol. The van der Waals surface area contributed by atoms with Crippen LogP contribution >= 0.6 is 12.4 Å². The van der Waals surface area contributed by atoms with Crippen LogP contribution in [0, 0.1) is 0 Å². The molecule has 0 saturated carbocycles. The summed E-state index contributed by atoms with van der Waals surface area (Å²) < 4.78 is 0. The van der Waals surface area contributed by atoms with E-state index in [4.69, 9.17) is 5.73 Å². The summed E-state index contributed by atoms with van der Waals surface area (Å²) >= 11 is 0. The molecule has 0 aromatic heterocycles. The predicted molar refractivity (Wildman–Crippen MR) is 56.4 cm³/mol. The standard InChI is InChI=1S/C10H13N.ClH/c1-3-9-4-6-10(7-5-9)8(2)11;/h3-8H,1,11H2,2H3;1H/t8-;/m1./s1. The van der Waals surface area contributed by atoms with Crippen molar-refractivity contribution in [3.8, 4) is 0 Å². The van der Waals surface area contributed by atoms with E-state index in [-0.39, 0.29) is 18.4 Å². The van der Waals surface area contributed by atoms with Gasteiger partial charge in [-0.1, -0.05) is 36.9 Å². The molecule has 2 N–H and O–H groups in total. The van der Waals surface area contributed by atoms with Gasteiger partial charge in [-0.2, -0.15) is 0 Å². The SMILES string of the molecule is C=Cc1ccc([C@@H](C)N)cc1.Cl. The normalized spacial score (nSPS) is 11.5. The third-order valence-corrected chi connectivity index (χ3v) is 1.70. The lowest BCUT2D eigenvalue weighted by molar-refractivity contribution is 0.818. The van der Waals surface area contributed by atoms with E-state index in [1.54, 1.807) is 0 Å². The van der Waals surface area contributed by atoms with Crippen LogP contribution in [0.2, 0.25) is 0 Å². The van der Waals surface area contributed by atoms with E-state index in [0.717, 1.165) is 11.1 Å². The van der Waals surface area contributed by atoms with Gasteiger partial charge in [0, 0.05) is 6.04 Å². The number of nitrogens with two attached hydrogens (primary N) is 1. The lowest BCUT2D eigenvalue weighted by Gasteiger charge is -2.04. The lowest BCUT2D eigenvalue weighted by atomic mass is 10.1. The largest absolute Gasteiger partial charge is 0.324 e. The monoisotopic (exact) mass is 183 g/mol. The molecule has 1 atom stereocenters. The van der Waals surface area contributed by atoms with Gasteiger partial charge in [-0.15, -0.1) is 12.4 Å². The van der Waals surface area contributed by atoms with Crippen molar-refractivity contribution >= 4 is 18.5 Å². The van der Waals surface area contributed by atoms with Gasteiger partial charge in [0.05, 0.1) is 0 Å². The maximum Gasteiger partial charge on any atom is 0.0266 e. The van der Waals surface area contributed by atoms with E-state index in [1.807, 2.05) is 37.3 Å². The zero-order valence-electron chi connectivity index (χ0n) is 7.16. The van der Waals surface area contributed by atoms with Crippen LogP contribution in [0.1, 0.15) is 24.1 Å². The number of rotatable bonds is 2. The molecule has 0 bridgehead atoms. The predicted octanol–water partition coefficient (Wildman–Crippen LogP) is 2.77. The molecule has 0 amide bonds. The molecule has 2 heteroatoms. The van der Waals surface area contributed by atoms with Gasteiger partial charge in [-0.25, -0.2) is 0 Å². The summed E-state index contributed by atoms with van der Waals surface area (Å²) in [4.78, 5) is 0. The van der Waals surface area contributed by atoms with Crippen molar-refractivity contribution in [1.82, 2.24) is 0 Å². The van der Waals surface area contributed by atoms with Crippen LogP contribution < -0.4 is 5.73 Å². The molecule has 0 aliphatic heterocycles. The molecular weight excluding hydrogens is 170 g/mol. The van der Waals surface area contributed by atoms with Crippen molar-refractivity contribution < 1.29 is 0 Å². The fourth-order valence-electron chi connectivity index (χ4n) is 0.936. The Morgan fingerprint density at radius 1 is 1.33 bits per heavy atom. The van der Waals surface area contributed by atoms with Gasteiger partial charge in [0.1, 0.15) is 0 Å². The zero-order valence-corrected chi connectivity index (χ0v) is 7.97. The summed E-state index contributed by atoms with van der Waals surface area (Å²) in [6, 6.07) is 8.22. The minimum Gasteiger partial charge on any atom is -0.324 e. The van der Waals surface area contributed by atoms with Gasteiger partial charge in [0.15, 0.2) is 0 Å². The Kier molecular flexibility index (Phi) is 4.64. The van der Waals surface area contributed by atoms with Crippen LogP contribution in [0.25, 0.3) is 6.08 Å². The fraction of sp³-hybridized carbons (Fsp3) is 0.200. The first-order chi connectivity index (χ1) is 5.24. The average Bonchev–Trinajstić information content (AvgIpc) is 2.05. The van der Waals surface area contributed by atoms with Crippen molar-refractivity contribution in [3.63, 3.8) is 0 Å². The maximum absolute atomic E-state index is 5.68. The second-order valence-corrected chi connectivity index (χ2v) is 2.66. The quantitative estimate of drug-likeness (QED) is 0.750. The van der Waals surface area contributed by atoms with E-state index in [1.165, 1.54) is 0 Å². The Balaban J connectivity index is 0.00000121. The van der Waals surface area contributed by atoms with Crippen LogP contribution in [-0.2, 0) is 0 Å². The molecule has 0 aliphatic carbocycles. The Morgan fingerprint density at radius 2 is 1.83 bits per heavy atom. The van der Waals surface area contributed by atoms with Gasteiger partial charge in [0.2, 0.25) is 0 Å². The van der Waals surface area contributed by atoms with Gasteiger partial charge < -0.3 is 5.73 Å².